The Labute approximate surface area is 117 Å². The van der Waals surface area contributed by atoms with Gasteiger partial charge in [-0.05, 0) is 50.9 Å². The maximum Gasteiger partial charge on any atom is 0.0547 e. The molecule has 106 valence electrons. The van der Waals surface area contributed by atoms with Gasteiger partial charge in [0.05, 0.1) is 5.69 Å². The van der Waals surface area contributed by atoms with Gasteiger partial charge in [-0.2, -0.15) is 0 Å². The molecule has 1 aliphatic rings. The maximum atomic E-state index is 4.66. The Morgan fingerprint density at radius 3 is 2.68 bits per heavy atom. The number of hydrogen-bond acceptors (Lipinski definition) is 3. The highest BCUT2D eigenvalue weighted by atomic mass is 15.2. The lowest BCUT2D eigenvalue weighted by Gasteiger charge is -2.35. The molecule has 0 aromatic carbocycles. The Morgan fingerprint density at radius 2 is 2.05 bits per heavy atom. The number of hydrogen-bond donors (Lipinski definition) is 1. The fourth-order valence-corrected chi connectivity index (χ4v) is 2.88. The smallest absolute Gasteiger partial charge is 0.0547 e. The second-order valence-corrected chi connectivity index (χ2v) is 6.07. The number of aryl methyl sites for hydroxylation is 1. The molecule has 0 bridgehead atoms. The quantitative estimate of drug-likeness (QED) is 0.883. The fraction of sp³-hybridized carbons (Fsp3) is 0.688. The predicted molar refractivity (Wildman–Crippen MR) is 80.1 cm³/mol. The van der Waals surface area contributed by atoms with Crippen LogP contribution in [0.15, 0.2) is 18.2 Å². The summed E-state index contributed by atoms with van der Waals surface area (Å²) in [5, 5.41) is 3.45. The molecule has 0 unspecified atom stereocenters. The lowest BCUT2D eigenvalue weighted by Crippen LogP contribution is -2.44. The summed E-state index contributed by atoms with van der Waals surface area (Å²) in [4.78, 5) is 7.29. The number of piperidine rings is 1. The van der Waals surface area contributed by atoms with E-state index in [2.05, 4.69) is 54.2 Å². The number of aromatic nitrogens is 1. The predicted octanol–water partition coefficient (Wildman–Crippen LogP) is 2.60. The summed E-state index contributed by atoms with van der Waals surface area (Å²) < 4.78 is 0. The van der Waals surface area contributed by atoms with Gasteiger partial charge in [-0.3, -0.25) is 9.88 Å². The minimum atomic E-state index is 0.708. The standard InChI is InChI=1S/C16H27N3/c1-13(2)11-19(16-7-9-17-10-8-16)12-15-6-4-5-14(3)18-15/h4-6,13,16-17H,7-12H2,1-3H3. The monoisotopic (exact) mass is 261 g/mol. The van der Waals surface area contributed by atoms with E-state index in [0.29, 0.717) is 12.0 Å². The molecule has 19 heavy (non-hydrogen) atoms. The molecule has 1 fully saturated rings. The summed E-state index contributed by atoms with van der Waals surface area (Å²) in [7, 11) is 0. The lowest BCUT2D eigenvalue weighted by molar-refractivity contribution is 0.136. The van der Waals surface area contributed by atoms with Crippen LogP contribution in [0.4, 0.5) is 0 Å². The molecule has 0 atom stereocenters. The SMILES string of the molecule is Cc1cccc(CN(CC(C)C)C2CCNCC2)n1. The molecule has 1 N–H and O–H groups in total. The van der Waals surface area contributed by atoms with E-state index in [1.165, 1.54) is 25.1 Å². The van der Waals surface area contributed by atoms with Crippen LogP contribution in [0.25, 0.3) is 0 Å². The van der Waals surface area contributed by atoms with Gasteiger partial charge in [0.15, 0.2) is 0 Å². The molecule has 1 aromatic rings. The molecule has 1 saturated heterocycles. The molecular weight excluding hydrogens is 234 g/mol. The fourth-order valence-electron chi connectivity index (χ4n) is 2.88. The van der Waals surface area contributed by atoms with Gasteiger partial charge in [0, 0.05) is 24.8 Å². The van der Waals surface area contributed by atoms with Crippen molar-refractivity contribution < 1.29 is 0 Å². The zero-order valence-electron chi connectivity index (χ0n) is 12.5. The summed E-state index contributed by atoms with van der Waals surface area (Å²) in [5.41, 5.74) is 2.33. The Balaban J connectivity index is 2.04. The molecule has 0 spiro atoms. The van der Waals surface area contributed by atoms with Gasteiger partial charge in [-0.25, -0.2) is 0 Å². The summed E-state index contributed by atoms with van der Waals surface area (Å²) in [6.45, 7) is 11.1. The highest BCUT2D eigenvalue weighted by Gasteiger charge is 2.22. The first-order valence-corrected chi connectivity index (χ1v) is 7.52. The Kier molecular flexibility index (Phi) is 5.34. The molecule has 0 saturated carbocycles. The van der Waals surface area contributed by atoms with Crippen molar-refractivity contribution in [3.8, 4) is 0 Å². The Hall–Kier alpha value is -0.930. The maximum absolute atomic E-state index is 4.66. The van der Waals surface area contributed by atoms with Crippen molar-refractivity contribution >= 4 is 0 Å². The first-order chi connectivity index (χ1) is 9.15. The van der Waals surface area contributed by atoms with E-state index in [0.717, 1.165) is 25.3 Å². The zero-order chi connectivity index (χ0) is 13.7. The van der Waals surface area contributed by atoms with Crippen molar-refractivity contribution in [2.45, 2.75) is 46.2 Å². The minimum Gasteiger partial charge on any atom is -0.317 e. The third kappa shape index (κ3) is 4.59. The minimum absolute atomic E-state index is 0.708. The van der Waals surface area contributed by atoms with Crippen molar-refractivity contribution in [1.82, 2.24) is 15.2 Å². The van der Waals surface area contributed by atoms with Crippen molar-refractivity contribution in [3.05, 3.63) is 29.6 Å². The van der Waals surface area contributed by atoms with Crippen LogP contribution in [0.1, 0.15) is 38.1 Å². The van der Waals surface area contributed by atoms with Crippen LogP contribution >= 0.6 is 0 Å². The summed E-state index contributed by atoms with van der Waals surface area (Å²) in [6, 6.07) is 7.06. The molecule has 3 nitrogen and oxygen atoms in total. The number of nitrogens with one attached hydrogen (secondary N) is 1. The van der Waals surface area contributed by atoms with Crippen LogP contribution in [-0.2, 0) is 6.54 Å². The van der Waals surface area contributed by atoms with Crippen molar-refractivity contribution in [3.63, 3.8) is 0 Å². The second kappa shape index (κ2) is 7.01. The molecular formula is C16H27N3. The van der Waals surface area contributed by atoms with Crippen LogP contribution in [-0.4, -0.2) is 35.6 Å². The van der Waals surface area contributed by atoms with E-state index in [-0.39, 0.29) is 0 Å². The van der Waals surface area contributed by atoms with E-state index >= 15 is 0 Å². The zero-order valence-corrected chi connectivity index (χ0v) is 12.5. The van der Waals surface area contributed by atoms with Crippen LogP contribution in [0.2, 0.25) is 0 Å². The van der Waals surface area contributed by atoms with Crippen molar-refractivity contribution in [1.29, 1.82) is 0 Å². The van der Waals surface area contributed by atoms with Gasteiger partial charge in [0.25, 0.3) is 0 Å². The highest BCUT2D eigenvalue weighted by Crippen LogP contribution is 2.17. The Bertz CT molecular complexity index is 383. The third-order valence-electron chi connectivity index (χ3n) is 3.74. The van der Waals surface area contributed by atoms with E-state index in [1.807, 2.05) is 0 Å². The molecule has 0 aliphatic carbocycles. The van der Waals surface area contributed by atoms with Gasteiger partial charge in [0.1, 0.15) is 0 Å². The van der Waals surface area contributed by atoms with Gasteiger partial charge in [-0.1, -0.05) is 19.9 Å². The molecule has 0 radical (unpaired) electrons. The highest BCUT2D eigenvalue weighted by molar-refractivity contribution is 5.10. The largest absolute Gasteiger partial charge is 0.317 e. The average molecular weight is 261 g/mol. The van der Waals surface area contributed by atoms with Crippen LogP contribution in [0.3, 0.4) is 0 Å². The van der Waals surface area contributed by atoms with Crippen LogP contribution < -0.4 is 5.32 Å². The molecule has 2 heterocycles. The molecule has 3 heteroatoms. The average Bonchev–Trinajstić information content (AvgIpc) is 2.38. The second-order valence-electron chi connectivity index (χ2n) is 6.07. The van der Waals surface area contributed by atoms with E-state index in [1.54, 1.807) is 0 Å². The summed E-state index contributed by atoms with van der Waals surface area (Å²) in [5.74, 6) is 0.708. The van der Waals surface area contributed by atoms with Crippen LogP contribution in [0.5, 0.6) is 0 Å². The summed E-state index contributed by atoms with van der Waals surface area (Å²) in [6.07, 6.45) is 2.52. The molecule has 1 aliphatic heterocycles. The van der Waals surface area contributed by atoms with Crippen molar-refractivity contribution in [2.75, 3.05) is 19.6 Å². The molecule has 2 rings (SSSR count). The van der Waals surface area contributed by atoms with E-state index < -0.39 is 0 Å². The summed E-state index contributed by atoms with van der Waals surface area (Å²) >= 11 is 0. The topological polar surface area (TPSA) is 28.2 Å². The van der Waals surface area contributed by atoms with Gasteiger partial charge in [-0.15, -0.1) is 0 Å². The van der Waals surface area contributed by atoms with Gasteiger partial charge < -0.3 is 5.32 Å². The van der Waals surface area contributed by atoms with Crippen LogP contribution in [0, 0.1) is 12.8 Å². The third-order valence-corrected chi connectivity index (χ3v) is 3.74. The normalized spacial score (nSPS) is 17.3. The lowest BCUT2D eigenvalue weighted by atomic mass is 10.0. The van der Waals surface area contributed by atoms with Crippen molar-refractivity contribution in [2.24, 2.45) is 5.92 Å². The Morgan fingerprint density at radius 1 is 1.32 bits per heavy atom. The first-order valence-electron chi connectivity index (χ1n) is 7.52. The molecule has 0 amide bonds. The van der Waals surface area contributed by atoms with Gasteiger partial charge >= 0.3 is 0 Å². The number of rotatable bonds is 5. The van der Waals surface area contributed by atoms with E-state index in [4.69, 9.17) is 0 Å². The number of nitrogens with zero attached hydrogens (tertiary/aromatic N) is 2. The molecule has 1 aromatic heterocycles. The first kappa shape index (κ1) is 14.5. The number of pyridine rings is 1. The van der Waals surface area contributed by atoms with Gasteiger partial charge in [0.2, 0.25) is 0 Å². The van der Waals surface area contributed by atoms with E-state index in [9.17, 15) is 0 Å².